The summed E-state index contributed by atoms with van der Waals surface area (Å²) in [6.07, 6.45) is 2.87. The molecule has 1 aliphatic carbocycles. The highest BCUT2D eigenvalue weighted by molar-refractivity contribution is 7.80. The molecule has 102 valence electrons. The van der Waals surface area contributed by atoms with E-state index in [1.165, 1.54) is 25.1 Å². The zero-order valence-corrected chi connectivity index (χ0v) is 12.0. The van der Waals surface area contributed by atoms with E-state index in [4.69, 9.17) is 18.0 Å². The van der Waals surface area contributed by atoms with Gasteiger partial charge in [0.25, 0.3) is 0 Å². The van der Waals surface area contributed by atoms with Crippen LogP contribution in [-0.4, -0.2) is 42.6 Å². The highest BCUT2D eigenvalue weighted by Crippen LogP contribution is 2.30. The molecule has 1 heterocycles. The quantitative estimate of drug-likeness (QED) is 0.850. The van der Waals surface area contributed by atoms with Crippen LogP contribution in [0.4, 0.5) is 5.69 Å². The second kappa shape index (κ2) is 5.47. The maximum absolute atomic E-state index is 5.82. The highest BCUT2D eigenvalue weighted by atomic mass is 32.1. The summed E-state index contributed by atoms with van der Waals surface area (Å²) in [5.74, 6) is 0.982. The third-order valence-electron chi connectivity index (χ3n) is 4.10. The topological polar surface area (TPSA) is 32.5 Å². The van der Waals surface area contributed by atoms with Crippen molar-refractivity contribution in [1.82, 2.24) is 4.90 Å². The molecule has 19 heavy (non-hydrogen) atoms. The Balaban J connectivity index is 1.65. The predicted molar refractivity (Wildman–Crippen MR) is 83.7 cm³/mol. The Morgan fingerprint density at radius 3 is 2.47 bits per heavy atom. The van der Waals surface area contributed by atoms with Crippen molar-refractivity contribution in [1.29, 1.82) is 0 Å². The summed E-state index contributed by atoms with van der Waals surface area (Å²) in [5, 5.41) is 0. The van der Waals surface area contributed by atoms with Crippen molar-refractivity contribution < 1.29 is 0 Å². The van der Waals surface area contributed by atoms with E-state index in [1.807, 2.05) is 12.1 Å². The lowest BCUT2D eigenvalue weighted by atomic mass is 10.1. The van der Waals surface area contributed by atoms with Crippen LogP contribution in [0.2, 0.25) is 0 Å². The van der Waals surface area contributed by atoms with Crippen LogP contribution in [0.5, 0.6) is 0 Å². The van der Waals surface area contributed by atoms with Gasteiger partial charge in [0.15, 0.2) is 0 Å². The number of nitrogens with two attached hydrogens (primary N) is 1. The molecule has 0 unspecified atom stereocenters. The van der Waals surface area contributed by atoms with Crippen LogP contribution in [0.3, 0.4) is 0 Å². The first-order chi connectivity index (χ1) is 9.24. The number of hydrogen-bond donors (Lipinski definition) is 1. The van der Waals surface area contributed by atoms with Crippen LogP contribution >= 0.6 is 12.2 Å². The third kappa shape index (κ3) is 3.07. The summed E-state index contributed by atoms with van der Waals surface area (Å²) in [7, 11) is 0. The van der Waals surface area contributed by atoms with Crippen LogP contribution in [0.15, 0.2) is 24.3 Å². The zero-order chi connectivity index (χ0) is 13.2. The minimum absolute atomic E-state index is 0.496. The van der Waals surface area contributed by atoms with E-state index >= 15 is 0 Å². The maximum Gasteiger partial charge on any atom is 0.106 e. The Hall–Kier alpha value is -1.13. The maximum atomic E-state index is 5.82. The Bertz CT molecular complexity index is 462. The molecule has 0 bridgehead atoms. The number of anilines is 1. The smallest absolute Gasteiger partial charge is 0.106 e. The normalized spacial score (nSPS) is 20.5. The van der Waals surface area contributed by atoms with E-state index in [9.17, 15) is 0 Å². The molecule has 2 fully saturated rings. The Kier molecular flexibility index (Phi) is 3.71. The minimum atomic E-state index is 0.496. The second-order valence-corrected chi connectivity index (χ2v) is 6.05. The molecule has 2 aliphatic rings. The van der Waals surface area contributed by atoms with Gasteiger partial charge in [0.2, 0.25) is 0 Å². The molecule has 3 nitrogen and oxygen atoms in total. The lowest BCUT2D eigenvalue weighted by Gasteiger charge is -2.37. The van der Waals surface area contributed by atoms with Gasteiger partial charge in [-0.15, -0.1) is 0 Å². The van der Waals surface area contributed by atoms with E-state index in [2.05, 4.69) is 21.9 Å². The van der Waals surface area contributed by atoms with E-state index < -0.39 is 0 Å². The summed E-state index contributed by atoms with van der Waals surface area (Å²) in [6, 6.07) is 8.22. The number of hydrogen-bond acceptors (Lipinski definition) is 3. The van der Waals surface area contributed by atoms with Gasteiger partial charge in [0.1, 0.15) is 4.99 Å². The Morgan fingerprint density at radius 1 is 1.16 bits per heavy atom. The summed E-state index contributed by atoms with van der Waals surface area (Å²) < 4.78 is 0. The molecule has 1 saturated heterocycles. The zero-order valence-electron chi connectivity index (χ0n) is 11.2. The van der Waals surface area contributed by atoms with Crippen molar-refractivity contribution in [2.45, 2.75) is 12.8 Å². The number of benzene rings is 1. The average molecular weight is 275 g/mol. The number of nitrogens with zero attached hydrogens (tertiary/aromatic N) is 2. The van der Waals surface area contributed by atoms with Crippen LogP contribution in [0.1, 0.15) is 18.4 Å². The van der Waals surface area contributed by atoms with Crippen molar-refractivity contribution >= 4 is 22.9 Å². The second-order valence-electron chi connectivity index (χ2n) is 5.61. The number of thiocarbonyl (C=S) groups is 1. The number of piperazine rings is 1. The summed E-state index contributed by atoms with van der Waals surface area (Å²) >= 11 is 5.15. The molecular formula is C15H21N3S. The fourth-order valence-electron chi connectivity index (χ4n) is 2.79. The molecule has 0 aromatic heterocycles. The summed E-state index contributed by atoms with van der Waals surface area (Å²) in [5.41, 5.74) is 8.02. The van der Waals surface area contributed by atoms with Crippen molar-refractivity contribution in [3.8, 4) is 0 Å². The first kappa shape index (κ1) is 12.9. The van der Waals surface area contributed by atoms with E-state index in [-0.39, 0.29) is 0 Å². The first-order valence-electron chi connectivity index (χ1n) is 7.10. The third-order valence-corrected chi connectivity index (χ3v) is 4.32. The van der Waals surface area contributed by atoms with Gasteiger partial charge >= 0.3 is 0 Å². The molecule has 0 atom stereocenters. The highest BCUT2D eigenvalue weighted by Gasteiger charge is 2.26. The SMILES string of the molecule is NC(=S)c1ccccc1N1CCN(CC2CC2)CC1. The standard InChI is InChI=1S/C15H21N3S/c16-15(19)13-3-1-2-4-14(13)18-9-7-17(8-10-18)11-12-5-6-12/h1-4,12H,5-11H2,(H2,16,19). The van der Waals surface area contributed by atoms with Crippen molar-refractivity contribution in [2.24, 2.45) is 11.7 Å². The van der Waals surface area contributed by atoms with Crippen LogP contribution < -0.4 is 10.6 Å². The molecule has 1 saturated carbocycles. The molecule has 3 rings (SSSR count). The van der Waals surface area contributed by atoms with Crippen LogP contribution in [0, 0.1) is 5.92 Å². The van der Waals surface area contributed by atoms with Gasteiger partial charge in [-0.25, -0.2) is 0 Å². The molecule has 4 heteroatoms. The van der Waals surface area contributed by atoms with E-state index in [0.29, 0.717) is 4.99 Å². The van der Waals surface area contributed by atoms with Gasteiger partial charge in [0.05, 0.1) is 0 Å². The van der Waals surface area contributed by atoms with Crippen molar-refractivity contribution in [3.63, 3.8) is 0 Å². The number of para-hydroxylation sites is 1. The molecule has 0 spiro atoms. The fraction of sp³-hybridized carbons (Fsp3) is 0.533. The lowest BCUT2D eigenvalue weighted by molar-refractivity contribution is 0.248. The van der Waals surface area contributed by atoms with Crippen LogP contribution in [0.25, 0.3) is 0 Å². The van der Waals surface area contributed by atoms with Gasteiger partial charge in [-0.3, -0.25) is 4.90 Å². The van der Waals surface area contributed by atoms with Gasteiger partial charge in [-0.2, -0.15) is 0 Å². The predicted octanol–water partition coefficient (Wildman–Crippen LogP) is 1.85. The molecule has 1 aromatic carbocycles. The summed E-state index contributed by atoms with van der Waals surface area (Å²) in [4.78, 5) is 5.51. The van der Waals surface area contributed by atoms with Gasteiger partial charge < -0.3 is 10.6 Å². The molecule has 2 N–H and O–H groups in total. The molecule has 1 aliphatic heterocycles. The van der Waals surface area contributed by atoms with E-state index in [0.717, 1.165) is 37.7 Å². The summed E-state index contributed by atoms with van der Waals surface area (Å²) in [6.45, 7) is 5.76. The van der Waals surface area contributed by atoms with Crippen molar-refractivity contribution in [2.75, 3.05) is 37.6 Å². The van der Waals surface area contributed by atoms with Crippen molar-refractivity contribution in [3.05, 3.63) is 29.8 Å². The monoisotopic (exact) mass is 275 g/mol. The van der Waals surface area contributed by atoms with Gasteiger partial charge in [-0.05, 0) is 30.9 Å². The molecule has 1 aromatic rings. The van der Waals surface area contributed by atoms with Gasteiger partial charge in [0, 0.05) is 44.0 Å². The molecule has 0 radical (unpaired) electrons. The Morgan fingerprint density at radius 2 is 1.84 bits per heavy atom. The Labute approximate surface area is 120 Å². The first-order valence-corrected chi connectivity index (χ1v) is 7.51. The molecular weight excluding hydrogens is 254 g/mol. The van der Waals surface area contributed by atoms with E-state index in [1.54, 1.807) is 0 Å². The lowest BCUT2D eigenvalue weighted by Crippen LogP contribution is -2.47. The average Bonchev–Trinajstić information content (AvgIpc) is 3.23. The minimum Gasteiger partial charge on any atom is -0.389 e. The fourth-order valence-corrected chi connectivity index (χ4v) is 2.97. The molecule has 0 amide bonds. The largest absolute Gasteiger partial charge is 0.389 e. The van der Waals surface area contributed by atoms with Crippen LogP contribution in [-0.2, 0) is 0 Å². The van der Waals surface area contributed by atoms with Gasteiger partial charge in [-0.1, -0.05) is 24.4 Å². The number of rotatable bonds is 4.